The van der Waals surface area contributed by atoms with Gasteiger partial charge in [0.05, 0.1) is 0 Å². The summed E-state index contributed by atoms with van der Waals surface area (Å²) < 4.78 is 0. The zero-order chi connectivity index (χ0) is 0. The number of hydrogen-bond donors (Lipinski definition) is 0. The zero-order valence-electron chi connectivity index (χ0n) is 3.80. The molecule has 0 fully saturated rings. The minimum Gasteiger partial charge on any atom is -2.00 e. The molecule has 0 aromatic rings. The number of rotatable bonds is 0. The molecule has 0 N–H and O–H groups in total. The summed E-state index contributed by atoms with van der Waals surface area (Å²) >= 11 is 0. The van der Waals surface area contributed by atoms with E-state index in [-0.39, 0.29) is 96.2 Å². The average Bonchev–Trinajstić information content (AvgIpc) is 0. The first kappa shape index (κ1) is 295. The van der Waals surface area contributed by atoms with E-state index < -0.39 is 0 Å². The second-order valence-electron chi connectivity index (χ2n) is 0. The van der Waals surface area contributed by atoms with Gasteiger partial charge in [-0.2, -0.15) is 0 Å². The third-order valence-electron chi connectivity index (χ3n) is 0. The molecule has 0 aliphatic carbocycles. The Labute approximate surface area is 95.7 Å². The van der Waals surface area contributed by atoms with E-state index >= 15 is 0 Å². The zero-order valence-corrected chi connectivity index (χ0v) is 7.99. The van der Waals surface area contributed by atoms with Gasteiger partial charge < -0.3 is 27.4 Å². The molecule has 2 radical (unpaired) electrons. The normalized spacial score (nSPS) is 0. The Balaban J connectivity index is 0. The fraction of sp³-hybridized carbons (Fsp3) is 0. The molecule has 0 atom stereocenters. The molecule has 9 heavy (non-hydrogen) atoms. The van der Waals surface area contributed by atoms with Gasteiger partial charge in [-0.05, 0) is 0 Å². The molecule has 0 unspecified atom stereocenters. The van der Waals surface area contributed by atoms with Crippen molar-refractivity contribution in [2.75, 3.05) is 0 Å². The molecular weight excluding hydrogens is 261 g/mol. The molecule has 0 amide bonds. The summed E-state index contributed by atoms with van der Waals surface area (Å²) in [5.74, 6) is 0. The molecule has 0 bridgehead atoms. The Bertz CT molecular complexity index is 12.9. The van der Waals surface area contributed by atoms with Crippen molar-refractivity contribution < 1.29 is 61.5 Å². The standard InChI is InChI=1S/2Al.2Cu.5O/q2*+3;2*+2;5*-2. The maximum atomic E-state index is 0. The predicted octanol–water partition coefficient (Wildman–Crippen LogP) is -1.36. The molecule has 0 aliphatic heterocycles. The van der Waals surface area contributed by atoms with Crippen molar-refractivity contribution in [1.82, 2.24) is 0 Å². The molecule has 5 nitrogen and oxygen atoms in total. The van der Waals surface area contributed by atoms with E-state index in [1.54, 1.807) is 0 Å². The summed E-state index contributed by atoms with van der Waals surface area (Å²) in [6, 6.07) is 0. The second kappa shape index (κ2) is 217. The molecule has 0 heterocycles. The van der Waals surface area contributed by atoms with Crippen molar-refractivity contribution in [3.8, 4) is 0 Å². The smallest absolute Gasteiger partial charge is 2.00 e. The summed E-state index contributed by atoms with van der Waals surface area (Å²) in [6.45, 7) is 0. The van der Waals surface area contributed by atoms with Gasteiger partial charge in [-0.3, -0.25) is 0 Å². The average molecular weight is 261 g/mol. The maximum absolute atomic E-state index is 0. The molecule has 0 aliphatic rings. The third-order valence-corrected chi connectivity index (χ3v) is 0. The van der Waals surface area contributed by atoms with Crippen LogP contribution < -0.4 is 0 Å². The quantitative estimate of drug-likeness (QED) is 0.474. The Morgan fingerprint density at radius 1 is 0.333 bits per heavy atom. The summed E-state index contributed by atoms with van der Waals surface area (Å²) in [4.78, 5) is 0. The van der Waals surface area contributed by atoms with Crippen molar-refractivity contribution in [1.29, 1.82) is 0 Å². The summed E-state index contributed by atoms with van der Waals surface area (Å²) in [5, 5.41) is 0. The van der Waals surface area contributed by atoms with Gasteiger partial charge in [0, 0.05) is 0 Å². The Morgan fingerprint density at radius 3 is 0.333 bits per heavy atom. The van der Waals surface area contributed by atoms with Crippen LogP contribution >= 0.6 is 0 Å². The van der Waals surface area contributed by atoms with Crippen LogP contribution in [0.25, 0.3) is 0 Å². The van der Waals surface area contributed by atoms with Crippen molar-refractivity contribution in [3.63, 3.8) is 0 Å². The van der Waals surface area contributed by atoms with E-state index in [9.17, 15) is 0 Å². The van der Waals surface area contributed by atoms with Crippen LogP contribution in [0.4, 0.5) is 0 Å². The van der Waals surface area contributed by atoms with E-state index in [0.29, 0.717) is 0 Å². The summed E-state index contributed by atoms with van der Waals surface area (Å²) in [7, 11) is 0. The molecule has 0 rings (SSSR count). The van der Waals surface area contributed by atoms with Crippen LogP contribution in [0.1, 0.15) is 0 Å². The molecule has 0 aromatic heterocycles. The third kappa shape index (κ3) is 171. The summed E-state index contributed by atoms with van der Waals surface area (Å²) in [6.07, 6.45) is 0. The largest absolute Gasteiger partial charge is 3.00 e. The first-order valence-corrected chi connectivity index (χ1v) is 0. The van der Waals surface area contributed by atoms with Crippen molar-refractivity contribution in [2.24, 2.45) is 0 Å². The minimum atomic E-state index is 0. The molecular formula is Al2Cu2O5. The fourth-order valence-corrected chi connectivity index (χ4v) is 0. The van der Waals surface area contributed by atoms with Crippen LogP contribution in [0.3, 0.4) is 0 Å². The van der Waals surface area contributed by atoms with Gasteiger partial charge >= 0.3 is 68.9 Å². The molecule has 0 aromatic carbocycles. The maximum Gasteiger partial charge on any atom is 3.00 e. The van der Waals surface area contributed by atoms with Gasteiger partial charge in [0.15, 0.2) is 0 Å². The van der Waals surface area contributed by atoms with Gasteiger partial charge in [-0.15, -0.1) is 0 Å². The molecule has 0 saturated heterocycles. The Hall–Kier alpha value is 1.90. The molecule has 0 spiro atoms. The van der Waals surface area contributed by atoms with Gasteiger partial charge in [0.2, 0.25) is 0 Å². The van der Waals surface area contributed by atoms with Crippen LogP contribution in [-0.4, -0.2) is 34.7 Å². The van der Waals surface area contributed by atoms with Crippen LogP contribution in [0.2, 0.25) is 0 Å². The minimum absolute atomic E-state index is 0. The van der Waals surface area contributed by atoms with Gasteiger partial charge in [-0.1, -0.05) is 0 Å². The SMILES string of the molecule is [Al+3].[Al+3].[Cu+2].[Cu+2].[O-2].[O-2].[O-2].[O-2].[O-2]. The van der Waals surface area contributed by atoms with Crippen LogP contribution in [-0.2, 0) is 61.5 Å². The first-order valence-electron chi connectivity index (χ1n) is 0. The van der Waals surface area contributed by atoms with Crippen molar-refractivity contribution in [3.05, 3.63) is 0 Å². The molecule has 58 valence electrons. The first-order chi connectivity index (χ1) is 0. The number of hydrogen-bond acceptors (Lipinski definition) is 0. The summed E-state index contributed by atoms with van der Waals surface area (Å²) in [5.41, 5.74) is 0. The second-order valence-corrected chi connectivity index (χ2v) is 0. The van der Waals surface area contributed by atoms with Crippen LogP contribution in [0.15, 0.2) is 0 Å². The topological polar surface area (TPSA) is 142 Å². The Kier molecular flexibility index (Phi) is 7100. The monoisotopic (exact) mass is 260 g/mol. The van der Waals surface area contributed by atoms with Crippen LogP contribution in [0, 0.1) is 0 Å². The molecule has 9 heteroatoms. The van der Waals surface area contributed by atoms with Gasteiger partial charge in [0.25, 0.3) is 0 Å². The Morgan fingerprint density at radius 2 is 0.333 bits per heavy atom. The molecule has 0 saturated carbocycles. The predicted molar refractivity (Wildman–Crippen MR) is 14.9 cm³/mol. The van der Waals surface area contributed by atoms with E-state index in [1.165, 1.54) is 0 Å². The van der Waals surface area contributed by atoms with Gasteiger partial charge in [-0.25, -0.2) is 0 Å². The van der Waals surface area contributed by atoms with Crippen molar-refractivity contribution in [2.45, 2.75) is 0 Å². The van der Waals surface area contributed by atoms with Gasteiger partial charge in [0.1, 0.15) is 0 Å². The van der Waals surface area contributed by atoms with Crippen LogP contribution in [0.5, 0.6) is 0 Å². The van der Waals surface area contributed by atoms with E-state index in [1.807, 2.05) is 0 Å². The van der Waals surface area contributed by atoms with E-state index in [0.717, 1.165) is 0 Å². The van der Waals surface area contributed by atoms with E-state index in [2.05, 4.69) is 0 Å². The fourth-order valence-electron chi connectivity index (χ4n) is 0. The van der Waals surface area contributed by atoms with E-state index in [4.69, 9.17) is 0 Å². The van der Waals surface area contributed by atoms with Crippen molar-refractivity contribution >= 4 is 34.7 Å².